The van der Waals surface area contributed by atoms with Crippen molar-refractivity contribution in [3.8, 4) is 11.5 Å². The third-order valence-electron chi connectivity index (χ3n) is 4.79. The number of alkyl carbamates (subject to hydrolysis) is 1. The van der Waals surface area contributed by atoms with Crippen molar-refractivity contribution >= 4 is 18.0 Å². The molecular formula is C19H23NO7. The molecule has 1 aliphatic heterocycles. The second-order valence-corrected chi connectivity index (χ2v) is 6.49. The Morgan fingerprint density at radius 3 is 2.48 bits per heavy atom. The molecule has 0 spiro atoms. The molecule has 1 aromatic rings. The quantitative estimate of drug-likeness (QED) is 0.784. The van der Waals surface area contributed by atoms with E-state index < -0.39 is 30.0 Å². The van der Waals surface area contributed by atoms with E-state index in [0.717, 1.165) is 18.4 Å². The van der Waals surface area contributed by atoms with Crippen molar-refractivity contribution in [3.05, 3.63) is 23.8 Å². The van der Waals surface area contributed by atoms with Crippen LogP contribution in [0, 0.1) is 0 Å². The van der Waals surface area contributed by atoms with E-state index in [1.807, 2.05) is 17.4 Å². The van der Waals surface area contributed by atoms with Crippen molar-refractivity contribution in [2.75, 3.05) is 26.4 Å². The number of esters is 1. The van der Waals surface area contributed by atoms with Crippen LogP contribution in [0.4, 0.5) is 4.79 Å². The lowest BCUT2D eigenvalue weighted by Gasteiger charge is -2.28. The predicted octanol–water partition coefficient (Wildman–Crippen LogP) is 2.09. The largest absolute Gasteiger partial charge is 0.486 e. The fourth-order valence-electron chi connectivity index (χ4n) is 3.52. The molecule has 8 nitrogen and oxygen atoms in total. The van der Waals surface area contributed by atoms with Crippen molar-refractivity contribution in [2.45, 2.75) is 38.0 Å². The van der Waals surface area contributed by atoms with Crippen LogP contribution in [-0.4, -0.2) is 44.4 Å². The molecule has 1 N–H and O–H groups in total. The Balaban J connectivity index is 1.70. The molecule has 2 aliphatic rings. The van der Waals surface area contributed by atoms with Crippen LogP contribution in [0.3, 0.4) is 0 Å². The summed E-state index contributed by atoms with van der Waals surface area (Å²) in [5.74, 6) is 0.0611. The molecule has 1 saturated carbocycles. The summed E-state index contributed by atoms with van der Waals surface area (Å²) in [7, 11) is 0. The molecule has 1 heterocycles. The minimum absolute atomic E-state index is 0.145. The Morgan fingerprint density at radius 1 is 1.07 bits per heavy atom. The first-order valence-electron chi connectivity index (χ1n) is 9.09. The molecule has 146 valence electrons. The highest BCUT2D eigenvalue weighted by Gasteiger charge is 2.45. The Labute approximate surface area is 157 Å². The molecule has 2 amide bonds. The highest BCUT2D eigenvalue weighted by atomic mass is 16.6. The van der Waals surface area contributed by atoms with E-state index in [9.17, 15) is 14.4 Å². The van der Waals surface area contributed by atoms with Gasteiger partial charge >= 0.3 is 12.1 Å². The minimum atomic E-state index is -0.860. The maximum Gasteiger partial charge on any atom is 0.413 e. The molecule has 0 unspecified atom stereocenters. The number of fused-ring (bicyclic) bond motifs is 1. The summed E-state index contributed by atoms with van der Waals surface area (Å²) >= 11 is 0. The third-order valence-corrected chi connectivity index (χ3v) is 4.79. The third kappa shape index (κ3) is 4.15. The molecule has 1 aliphatic carbocycles. The number of carbonyl (C=O) groups excluding carboxylic acids is 3. The van der Waals surface area contributed by atoms with Gasteiger partial charge in [0.1, 0.15) is 13.2 Å². The molecule has 1 aromatic carbocycles. The van der Waals surface area contributed by atoms with Crippen molar-refractivity contribution in [2.24, 2.45) is 0 Å². The van der Waals surface area contributed by atoms with Gasteiger partial charge in [0.15, 0.2) is 18.1 Å². The molecule has 0 bridgehead atoms. The minimum Gasteiger partial charge on any atom is -0.486 e. The average molecular weight is 377 g/mol. The molecule has 0 radical (unpaired) electrons. The normalized spacial score (nSPS) is 17.1. The van der Waals surface area contributed by atoms with E-state index >= 15 is 0 Å². The van der Waals surface area contributed by atoms with Gasteiger partial charge in [-0.25, -0.2) is 4.79 Å². The van der Waals surface area contributed by atoms with Crippen molar-refractivity contribution in [1.82, 2.24) is 5.32 Å². The van der Waals surface area contributed by atoms with Gasteiger partial charge in [0.2, 0.25) is 0 Å². The number of imide groups is 1. The van der Waals surface area contributed by atoms with E-state index in [1.165, 1.54) is 0 Å². The first-order valence-corrected chi connectivity index (χ1v) is 9.09. The van der Waals surface area contributed by atoms with Gasteiger partial charge in [0, 0.05) is 0 Å². The summed E-state index contributed by atoms with van der Waals surface area (Å²) in [6.45, 7) is 2.19. The molecule has 3 rings (SSSR count). The number of hydrogen-bond acceptors (Lipinski definition) is 7. The maximum atomic E-state index is 12.9. The summed E-state index contributed by atoms with van der Waals surface area (Å²) in [4.78, 5) is 35.9. The number of ether oxygens (including phenoxy) is 4. The van der Waals surface area contributed by atoms with Crippen LogP contribution in [0.2, 0.25) is 0 Å². The second-order valence-electron chi connectivity index (χ2n) is 6.49. The number of hydrogen-bond donors (Lipinski definition) is 1. The van der Waals surface area contributed by atoms with E-state index in [0.29, 0.717) is 37.6 Å². The number of benzene rings is 1. The van der Waals surface area contributed by atoms with Gasteiger partial charge in [-0.1, -0.05) is 18.9 Å². The average Bonchev–Trinajstić information content (AvgIpc) is 3.17. The Hall–Kier alpha value is -2.77. The standard InChI is InChI=1S/C19H23NO7/c1-2-24-18(23)20-16(21)12-27-17(22)19(7-3-4-8-19)13-5-6-14-15(11-13)26-10-9-25-14/h5-6,11H,2-4,7-10,12H2,1H3,(H,20,21,23). The lowest BCUT2D eigenvalue weighted by Crippen LogP contribution is -2.39. The zero-order valence-electron chi connectivity index (χ0n) is 15.2. The maximum absolute atomic E-state index is 12.9. The van der Waals surface area contributed by atoms with Gasteiger partial charge in [0.25, 0.3) is 5.91 Å². The molecule has 0 atom stereocenters. The van der Waals surface area contributed by atoms with Crippen LogP contribution in [0.5, 0.6) is 11.5 Å². The molecule has 1 fully saturated rings. The van der Waals surface area contributed by atoms with Crippen molar-refractivity contribution < 1.29 is 33.3 Å². The van der Waals surface area contributed by atoms with Crippen LogP contribution in [0.25, 0.3) is 0 Å². The van der Waals surface area contributed by atoms with Gasteiger partial charge in [-0.05, 0) is 37.5 Å². The van der Waals surface area contributed by atoms with Gasteiger partial charge in [-0.2, -0.15) is 0 Å². The molecular weight excluding hydrogens is 354 g/mol. The van der Waals surface area contributed by atoms with Crippen LogP contribution < -0.4 is 14.8 Å². The number of carbonyl (C=O) groups is 3. The smallest absolute Gasteiger partial charge is 0.413 e. The Morgan fingerprint density at radius 2 is 1.78 bits per heavy atom. The number of nitrogens with one attached hydrogen (secondary N) is 1. The predicted molar refractivity (Wildman–Crippen MR) is 93.7 cm³/mol. The first kappa shape index (κ1) is 19.0. The summed E-state index contributed by atoms with van der Waals surface area (Å²) in [6, 6.07) is 5.46. The molecule has 8 heteroatoms. The van der Waals surface area contributed by atoms with Gasteiger partial charge in [-0.3, -0.25) is 14.9 Å². The van der Waals surface area contributed by atoms with Gasteiger partial charge in [-0.15, -0.1) is 0 Å². The lowest BCUT2D eigenvalue weighted by atomic mass is 9.78. The summed E-state index contributed by atoms with van der Waals surface area (Å²) in [5, 5.41) is 2.01. The fourth-order valence-corrected chi connectivity index (χ4v) is 3.52. The Bertz CT molecular complexity index is 725. The van der Waals surface area contributed by atoms with E-state index in [2.05, 4.69) is 4.74 Å². The lowest BCUT2D eigenvalue weighted by molar-refractivity contribution is -0.154. The summed E-state index contributed by atoms with van der Waals surface area (Å²) < 4.78 is 21.0. The summed E-state index contributed by atoms with van der Waals surface area (Å²) in [6.07, 6.45) is 2.17. The Kier molecular flexibility index (Phi) is 5.83. The van der Waals surface area contributed by atoms with E-state index in [-0.39, 0.29) is 6.61 Å². The van der Waals surface area contributed by atoms with Crippen LogP contribution >= 0.6 is 0 Å². The van der Waals surface area contributed by atoms with Crippen molar-refractivity contribution in [3.63, 3.8) is 0 Å². The zero-order valence-corrected chi connectivity index (χ0v) is 15.2. The molecule has 27 heavy (non-hydrogen) atoms. The summed E-state index contributed by atoms with van der Waals surface area (Å²) in [5.41, 5.74) is -0.0277. The van der Waals surface area contributed by atoms with E-state index in [4.69, 9.17) is 14.2 Å². The van der Waals surface area contributed by atoms with Crippen molar-refractivity contribution in [1.29, 1.82) is 0 Å². The van der Waals surface area contributed by atoms with Crippen LogP contribution in [-0.2, 0) is 24.5 Å². The molecule has 0 aromatic heterocycles. The first-order chi connectivity index (χ1) is 13.0. The van der Waals surface area contributed by atoms with Gasteiger partial charge in [0.05, 0.1) is 12.0 Å². The van der Waals surface area contributed by atoms with Gasteiger partial charge < -0.3 is 18.9 Å². The topological polar surface area (TPSA) is 100 Å². The van der Waals surface area contributed by atoms with Crippen LogP contribution in [0.15, 0.2) is 18.2 Å². The number of rotatable bonds is 5. The van der Waals surface area contributed by atoms with E-state index in [1.54, 1.807) is 13.0 Å². The number of amides is 2. The highest BCUT2D eigenvalue weighted by molar-refractivity contribution is 5.94. The van der Waals surface area contributed by atoms with Crippen LogP contribution in [0.1, 0.15) is 38.2 Å². The SMILES string of the molecule is CCOC(=O)NC(=O)COC(=O)C1(c2ccc3c(c2)OCCO3)CCCC1. The fraction of sp³-hybridized carbons (Fsp3) is 0.526. The zero-order chi connectivity index (χ0) is 19.3. The second kappa shape index (κ2) is 8.28. The molecule has 0 saturated heterocycles. The monoisotopic (exact) mass is 377 g/mol. The highest BCUT2D eigenvalue weighted by Crippen LogP contribution is 2.45.